The molecule has 0 saturated carbocycles. The molecule has 0 fully saturated rings. The number of pyridine rings is 1. The van der Waals surface area contributed by atoms with Gasteiger partial charge in [-0.1, -0.05) is 16.8 Å². The Kier molecular flexibility index (Phi) is 2.90. The molecule has 2 heterocycles. The van der Waals surface area contributed by atoms with Gasteiger partial charge in [-0.05, 0) is 31.2 Å². The summed E-state index contributed by atoms with van der Waals surface area (Å²) in [5.74, 6) is 0.0416. The maximum atomic E-state index is 12.8. The summed E-state index contributed by atoms with van der Waals surface area (Å²) >= 11 is 0. The van der Waals surface area contributed by atoms with Gasteiger partial charge in [0.15, 0.2) is 0 Å². The van der Waals surface area contributed by atoms with Crippen LogP contribution in [0.25, 0.3) is 23.0 Å². The van der Waals surface area contributed by atoms with Gasteiger partial charge in [-0.3, -0.25) is 0 Å². The summed E-state index contributed by atoms with van der Waals surface area (Å²) in [5.41, 5.74) is 1.80. The number of hydrogen-bond acceptors (Lipinski definition) is 5. The largest absolute Gasteiger partial charge is 0.507 e. The molecule has 3 aromatic rings. The summed E-state index contributed by atoms with van der Waals surface area (Å²) in [6.45, 7) is 1.89. The molecule has 0 atom stereocenters. The molecule has 2 aromatic heterocycles. The summed E-state index contributed by atoms with van der Waals surface area (Å²) < 4.78 is 17.9. The Morgan fingerprint density at radius 3 is 2.80 bits per heavy atom. The first-order valence-electron chi connectivity index (χ1n) is 5.89. The van der Waals surface area contributed by atoms with Crippen molar-refractivity contribution in [1.82, 2.24) is 15.1 Å². The molecule has 0 unspecified atom stereocenters. The highest BCUT2D eigenvalue weighted by Gasteiger charge is 2.14. The lowest BCUT2D eigenvalue weighted by molar-refractivity contribution is 0.425. The van der Waals surface area contributed by atoms with Crippen LogP contribution < -0.4 is 0 Å². The summed E-state index contributed by atoms with van der Waals surface area (Å²) in [7, 11) is 0. The van der Waals surface area contributed by atoms with E-state index in [1.165, 1.54) is 12.1 Å². The van der Waals surface area contributed by atoms with Gasteiger partial charge in [0, 0.05) is 0 Å². The van der Waals surface area contributed by atoms with Gasteiger partial charge < -0.3 is 9.63 Å². The van der Waals surface area contributed by atoms with Gasteiger partial charge in [0.1, 0.15) is 17.3 Å². The van der Waals surface area contributed by atoms with Crippen molar-refractivity contribution in [2.45, 2.75) is 6.92 Å². The molecular formula is C14H10FN3O2. The van der Waals surface area contributed by atoms with E-state index in [9.17, 15) is 9.50 Å². The van der Waals surface area contributed by atoms with Crippen molar-refractivity contribution < 1.29 is 14.0 Å². The minimum Gasteiger partial charge on any atom is -0.507 e. The lowest BCUT2D eigenvalue weighted by atomic mass is 10.1. The third-order valence-corrected chi connectivity index (χ3v) is 2.76. The van der Waals surface area contributed by atoms with Crippen LogP contribution in [-0.4, -0.2) is 20.2 Å². The molecule has 5 nitrogen and oxygen atoms in total. The zero-order chi connectivity index (χ0) is 14.1. The fourth-order valence-corrected chi connectivity index (χ4v) is 1.77. The summed E-state index contributed by atoms with van der Waals surface area (Å²) in [5, 5.41) is 13.6. The van der Waals surface area contributed by atoms with E-state index in [-0.39, 0.29) is 17.5 Å². The third kappa shape index (κ3) is 2.23. The van der Waals surface area contributed by atoms with Crippen LogP contribution in [0.3, 0.4) is 0 Å². The second-order valence-corrected chi connectivity index (χ2v) is 4.31. The normalized spacial score (nSPS) is 10.7. The predicted molar refractivity (Wildman–Crippen MR) is 69.3 cm³/mol. The van der Waals surface area contributed by atoms with Crippen LogP contribution in [0.5, 0.6) is 5.75 Å². The molecule has 0 saturated heterocycles. The third-order valence-electron chi connectivity index (χ3n) is 2.76. The molecule has 0 aliphatic heterocycles. The SMILES string of the molecule is Cc1ccc(O)c(-c2nc(-c3ccc(F)cn3)no2)c1. The van der Waals surface area contributed by atoms with Crippen molar-refractivity contribution >= 4 is 0 Å². The monoisotopic (exact) mass is 271 g/mol. The van der Waals surface area contributed by atoms with Crippen LogP contribution in [-0.2, 0) is 0 Å². The van der Waals surface area contributed by atoms with E-state index in [0.29, 0.717) is 11.3 Å². The maximum Gasteiger partial charge on any atom is 0.262 e. The lowest BCUT2D eigenvalue weighted by Crippen LogP contribution is -1.87. The molecule has 0 amide bonds. The number of hydrogen-bond donors (Lipinski definition) is 1. The summed E-state index contributed by atoms with van der Waals surface area (Å²) in [4.78, 5) is 8.03. The van der Waals surface area contributed by atoms with Crippen LogP contribution in [0, 0.1) is 12.7 Å². The Morgan fingerprint density at radius 2 is 2.05 bits per heavy atom. The number of aromatic hydroxyl groups is 1. The van der Waals surface area contributed by atoms with E-state index < -0.39 is 5.82 Å². The number of aryl methyl sites for hydroxylation is 1. The van der Waals surface area contributed by atoms with Crippen LogP contribution in [0.4, 0.5) is 4.39 Å². The van der Waals surface area contributed by atoms with Gasteiger partial charge in [-0.15, -0.1) is 0 Å². The molecule has 3 rings (SSSR count). The molecule has 0 radical (unpaired) electrons. The minimum atomic E-state index is -0.436. The van der Waals surface area contributed by atoms with Gasteiger partial charge in [-0.2, -0.15) is 4.98 Å². The molecule has 1 N–H and O–H groups in total. The quantitative estimate of drug-likeness (QED) is 0.775. The second kappa shape index (κ2) is 4.73. The van der Waals surface area contributed by atoms with E-state index in [0.717, 1.165) is 11.8 Å². The van der Waals surface area contributed by atoms with Crippen molar-refractivity contribution in [1.29, 1.82) is 0 Å². The fraction of sp³-hybridized carbons (Fsp3) is 0.0714. The van der Waals surface area contributed by atoms with Crippen LogP contribution >= 0.6 is 0 Å². The Bertz CT molecular complexity index is 753. The first-order valence-corrected chi connectivity index (χ1v) is 5.89. The van der Waals surface area contributed by atoms with Crippen molar-refractivity contribution in [3.8, 4) is 28.7 Å². The maximum absolute atomic E-state index is 12.8. The molecule has 0 aliphatic carbocycles. The smallest absolute Gasteiger partial charge is 0.262 e. The van der Waals surface area contributed by atoms with Crippen LogP contribution in [0.1, 0.15) is 5.56 Å². The second-order valence-electron chi connectivity index (χ2n) is 4.31. The van der Waals surface area contributed by atoms with Crippen LogP contribution in [0.15, 0.2) is 41.1 Å². The molecule has 0 spiro atoms. The van der Waals surface area contributed by atoms with E-state index in [4.69, 9.17) is 4.52 Å². The van der Waals surface area contributed by atoms with Crippen molar-refractivity contribution in [2.24, 2.45) is 0 Å². The zero-order valence-electron chi connectivity index (χ0n) is 10.5. The number of aromatic nitrogens is 3. The van der Waals surface area contributed by atoms with E-state index in [2.05, 4.69) is 15.1 Å². The zero-order valence-corrected chi connectivity index (χ0v) is 10.5. The minimum absolute atomic E-state index is 0.0536. The molecule has 20 heavy (non-hydrogen) atoms. The number of benzene rings is 1. The number of phenolic OH excluding ortho intramolecular Hbond substituents is 1. The molecule has 100 valence electrons. The van der Waals surface area contributed by atoms with E-state index in [1.54, 1.807) is 18.2 Å². The highest BCUT2D eigenvalue weighted by molar-refractivity contribution is 5.64. The number of halogens is 1. The molecular weight excluding hydrogens is 261 g/mol. The molecule has 1 aromatic carbocycles. The van der Waals surface area contributed by atoms with Gasteiger partial charge in [0.05, 0.1) is 11.8 Å². The Balaban J connectivity index is 2.01. The Labute approximate surface area is 113 Å². The highest BCUT2D eigenvalue weighted by atomic mass is 19.1. The standard InChI is InChI=1S/C14H10FN3O2/c1-8-2-5-12(19)10(6-8)14-17-13(18-20-14)11-4-3-9(15)7-16-11/h2-7,19H,1H3. The first-order chi connectivity index (χ1) is 9.63. The van der Waals surface area contributed by atoms with Gasteiger partial charge >= 0.3 is 0 Å². The van der Waals surface area contributed by atoms with Crippen molar-refractivity contribution in [3.63, 3.8) is 0 Å². The lowest BCUT2D eigenvalue weighted by Gasteiger charge is -1.99. The molecule has 6 heteroatoms. The Hall–Kier alpha value is -2.76. The highest BCUT2D eigenvalue weighted by Crippen LogP contribution is 2.29. The number of rotatable bonds is 2. The van der Waals surface area contributed by atoms with Crippen molar-refractivity contribution in [3.05, 3.63) is 47.9 Å². The van der Waals surface area contributed by atoms with Gasteiger partial charge in [-0.25, -0.2) is 9.37 Å². The average molecular weight is 271 g/mol. The van der Waals surface area contributed by atoms with Crippen molar-refractivity contribution in [2.75, 3.05) is 0 Å². The summed E-state index contributed by atoms with van der Waals surface area (Å²) in [6.07, 6.45) is 1.08. The summed E-state index contributed by atoms with van der Waals surface area (Å²) in [6, 6.07) is 7.80. The molecule has 0 aliphatic rings. The van der Waals surface area contributed by atoms with Crippen LogP contribution in [0.2, 0.25) is 0 Å². The number of phenols is 1. The first kappa shape index (κ1) is 12.3. The van der Waals surface area contributed by atoms with Gasteiger partial charge in [0.2, 0.25) is 5.82 Å². The Morgan fingerprint density at radius 1 is 1.20 bits per heavy atom. The molecule has 0 bridgehead atoms. The van der Waals surface area contributed by atoms with E-state index >= 15 is 0 Å². The number of nitrogens with zero attached hydrogens (tertiary/aromatic N) is 3. The topological polar surface area (TPSA) is 72.0 Å². The fourth-order valence-electron chi connectivity index (χ4n) is 1.77. The predicted octanol–water partition coefficient (Wildman–Crippen LogP) is 2.95. The average Bonchev–Trinajstić information content (AvgIpc) is 2.92. The van der Waals surface area contributed by atoms with E-state index in [1.807, 2.05) is 6.92 Å². The van der Waals surface area contributed by atoms with Gasteiger partial charge in [0.25, 0.3) is 5.89 Å².